The van der Waals surface area contributed by atoms with Crippen molar-refractivity contribution in [3.63, 3.8) is 0 Å². The van der Waals surface area contributed by atoms with Gasteiger partial charge in [0.1, 0.15) is 11.3 Å². The lowest BCUT2D eigenvalue weighted by Crippen LogP contribution is -2.06. The molecule has 2 heterocycles. The predicted molar refractivity (Wildman–Crippen MR) is 78.2 cm³/mol. The quantitative estimate of drug-likeness (QED) is 0.677. The molecule has 2 aromatic heterocycles. The van der Waals surface area contributed by atoms with Crippen LogP contribution in [0.4, 0.5) is 8.78 Å². The predicted octanol–water partition coefficient (Wildman–Crippen LogP) is 4.13. The van der Waals surface area contributed by atoms with E-state index in [9.17, 15) is 8.78 Å². The van der Waals surface area contributed by atoms with Crippen LogP contribution in [0.15, 0.2) is 30.5 Å². The largest absolute Gasteiger partial charge is 0.278 e. The maximum atomic E-state index is 14.1. The first-order valence-corrected chi connectivity index (χ1v) is 7.06. The van der Waals surface area contributed by atoms with Crippen molar-refractivity contribution in [2.24, 2.45) is 0 Å². The van der Waals surface area contributed by atoms with E-state index in [0.717, 1.165) is 6.07 Å². The molecule has 3 nitrogen and oxygen atoms in total. The normalized spacial score (nSPS) is 11.2. The first-order valence-electron chi connectivity index (χ1n) is 6.15. The van der Waals surface area contributed by atoms with Crippen LogP contribution in [0, 0.1) is 11.6 Å². The number of imidazole rings is 1. The molecule has 21 heavy (non-hydrogen) atoms. The van der Waals surface area contributed by atoms with Gasteiger partial charge in [-0.2, -0.15) is 0 Å². The summed E-state index contributed by atoms with van der Waals surface area (Å²) in [6.07, 6.45) is 1.83. The van der Waals surface area contributed by atoms with Gasteiger partial charge in [0.05, 0.1) is 10.7 Å². The third kappa shape index (κ3) is 2.47. The molecule has 0 bridgehead atoms. The Balaban J connectivity index is 2.33. The van der Waals surface area contributed by atoms with Gasteiger partial charge in [-0.1, -0.05) is 17.7 Å². The molecule has 0 saturated carbocycles. The molecular weight excluding hydrogens is 319 g/mol. The van der Waals surface area contributed by atoms with Crippen LogP contribution in [0.1, 0.15) is 5.82 Å². The summed E-state index contributed by atoms with van der Waals surface area (Å²) < 4.78 is 29.0. The lowest BCUT2D eigenvalue weighted by molar-refractivity contribution is 0.504. The SMILES string of the molecule is Fc1cccc(-n2c(CCCl)nc3cc(Cl)cnc32)c1F. The van der Waals surface area contributed by atoms with E-state index >= 15 is 0 Å². The first-order chi connectivity index (χ1) is 10.1. The summed E-state index contributed by atoms with van der Waals surface area (Å²) in [5.74, 6) is -1.09. The van der Waals surface area contributed by atoms with E-state index in [2.05, 4.69) is 9.97 Å². The number of alkyl halides is 1. The average molecular weight is 328 g/mol. The van der Waals surface area contributed by atoms with E-state index in [4.69, 9.17) is 23.2 Å². The van der Waals surface area contributed by atoms with Crippen LogP contribution in [-0.4, -0.2) is 20.4 Å². The zero-order valence-electron chi connectivity index (χ0n) is 10.7. The van der Waals surface area contributed by atoms with Crippen LogP contribution < -0.4 is 0 Å². The Morgan fingerprint density at radius 2 is 2.05 bits per heavy atom. The van der Waals surface area contributed by atoms with Crippen molar-refractivity contribution in [2.45, 2.75) is 6.42 Å². The summed E-state index contributed by atoms with van der Waals surface area (Å²) in [4.78, 5) is 8.52. The zero-order chi connectivity index (χ0) is 15.0. The third-order valence-corrected chi connectivity index (χ3v) is 3.42. The zero-order valence-corrected chi connectivity index (χ0v) is 12.2. The second-order valence-corrected chi connectivity index (χ2v) is 5.19. The summed E-state index contributed by atoms with van der Waals surface area (Å²) in [5, 5.41) is 0.421. The molecule has 0 radical (unpaired) electrons. The summed E-state index contributed by atoms with van der Waals surface area (Å²) in [6.45, 7) is 0. The number of halogens is 4. The van der Waals surface area contributed by atoms with Gasteiger partial charge in [-0.3, -0.25) is 4.57 Å². The first kappa shape index (κ1) is 14.2. The van der Waals surface area contributed by atoms with Gasteiger partial charge in [0.15, 0.2) is 17.3 Å². The molecule has 0 saturated heterocycles. The number of pyridine rings is 1. The molecule has 1 aromatic carbocycles. The van der Waals surface area contributed by atoms with E-state index in [1.54, 1.807) is 6.07 Å². The Kier molecular flexibility index (Phi) is 3.78. The number of rotatable bonds is 3. The minimum atomic E-state index is -0.954. The summed E-state index contributed by atoms with van der Waals surface area (Å²) in [7, 11) is 0. The van der Waals surface area contributed by atoms with Crippen molar-refractivity contribution in [2.75, 3.05) is 5.88 Å². The molecule has 0 atom stereocenters. The fraction of sp³-hybridized carbons (Fsp3) is 0.143. The monoisotopic (exact) mass is 327 g/mol. The van der Waals surface area contributed by atoms with Gasteiger partial charge >= 0.3 is 0 Å². The van der Waals surface area contributed by atoms with Crippen LogP contribution in [0.25, 0.3) is 16.9 Å². The fourth-order valence-electron chi connectivity index (χ4n) is 2.16. The molecule has 0 N–H and O–H groups in total. The maximum Gasteiger partial charge on any atom is 0.182 e. The third-order valence-electron chi connectivity index (χ3n) is 3.02. The van der Waals surface area contributed by atoms with Gasteiger partial charge in [-0.25, -0.2) is 18.7 Å². The van der Waals surface area contributed by atoms with Crippen molar-refractivity contribution in [1.29, 1.82) is 0 Å². The molecule has 0 aliphatic carbocycles. The standard InChI is InChI=1S/C14H9Cl2F2N3/c15-5-4-12-20-10-6-8(16)7-19-14(10)21(12)11-3-1-2-9(17)13(11)18/h1-3,6-7H,4-5H2. The number of aryl methyl sites for hydroxylation is 1. The highest BCUT2D eigenvalue weighted by Crippen LogP contribution is 2.25. The second-order valence-electron chi connectivity index (χ2n) is 4.37. The van der Waals surface area contributed by atoms with Crippen molar-refractivity contribution < 1.29 is 8.78 Å². The van der Waals surface area contributed by atoms with Gasteiger partial charge in [0, 0.05) is 18.5 Å². The molecule has 0 aliphatic rings. The van der Waals surface area contributed by atoms with Crippen LogP contribution in [0.5, 0.6) is 0 Å². The summed E-state index contributed by atoms with van der Waals surface area (Å²) in [6, 6.07) is 5.58. The number of benzene rings is 1. The van der Waals surface area contributed by atoms with E-state index < -0.39 is 11.6 Å². The van der Waals surface area contributed by atoms with Crippen molar-refractivity contribution in [1.82, 2.24) is 14.5 Å². The molecule has 0 aliphatic heterocycles. The Labute approximate surface area is 129 Å². The van der Waals surface area contributed by atoms with Crippen LogP contribution in [0.3, 0.4) is 0 Å². The van der Waals surface area contributed by atoms with Crippen LogP contribution in [-0.2, 0) is 6.42 Å². The molecule has 0 unspecified atom stereocenters. The molecular formula is C14H9Cl2F2N3. The number of hydrogen-bond donors (Lipinski definition) is 0. The topological polar surface area (TPSA) is 30.7 Å². The number of nitrogens with zero attached hydrogens (tertiary/aromatic N) is 3. The van der Waals surface area contributed by atoms with Gasteiger partial charge < -0.3 is 0 Å². The van der Waals surface area contributed by atoms with Gasteiger partial charge in [-0.05, 0) is 18.2 Å². The van der Waals surface area contributed by atoms with E-state index in [0.29, 0.717) is 34.3 Å². The highest BCUT2D eigenvalue weighted by atomic mass is 35.5. The smallest absolute Gasteiger partial charge is 0.182 e. The number of hydrogen-bond acceptors (Lipinski definition) is 2. The second kappa shape index (κ2) is 5.58. The summed E-state index contributed by atoms with van der Waals surface area (Å²) in [5.41, 5.74) is 0.961. The minimum Gasteiger partial charge on any atom is -0.278 e. The van der Waals surface area contributed by atoms with E-state index in [-0.39, 0.29) is 5.69 Å². The molecule has 108 valence electrons. The fourth-order valence-corrected chi connectivity index (χ4v) is 2.48. The highest BCUT2D eigenvalue weighted by molar-refractivity contribution is 6.31. The Morgan fingerprint density at radius 3 is 2.81 bits per heavy atom. The molecule has 3 aromatic rings. The summed E-state index contributed by atoms with van der Waals surface area (Å²) >= 11 is 11.6. The lowest BCUT2D eigenvalue weighted by Gasteiger charge is -2.09. The number of aromatic nitrogens is 3. The maximum absolute atomic E-state index is 14.1. The molecule has 3 rings (SSSR count). The minimum absolute atomic E-state index is 0.0486. The average Bonchev–Trinajstić information content (AvgIpc) is 2.79. The molecule has 7 heteroatoms. The van der Waals surface area contributed by atoms with Crippen LogP contribution in [0.2, 0.25) is 5.02 Å². The van der Waals surface area contributed by atoms with Gasteiger partial charge in [-0.15, -0.1) is 11.6 Å². The van der Waals surface area contributed by atoms with Crippen LogP contribution >= 0.6 is 23.2 Å². The molecule has 0 fully saturated rings. The van der Waals surface area contributed by atoms with Crippen molar-refractivity contribution in [3.8, 4) is 5.69 Å². The van der Waals surface area contributed by atoms with E-state index in [1.165, 1.54) is 22.9 Å². The van der Waals surface area contributed by atoms with Gasteiger partial charge in [0.2, 0.25) is 0 Å². The molecule has 0 amide bonds. The molecule has 0 spiro atoms. The van der Waals surface area contributed by atoms with Gasteiger partial charge in [0.25, 0.3) is 0 Å². The van der Waals surface area contributed by atoms with E-state index in [1.807, 2.05) is 0 Å². The Morgan fingerprint density at radius 1 is 1.24 bits per heavy atom. The number of fused-ring (bicyclic) bond motifs is 1. The van der Waals surface area contributed by atoms with Crippen molar-refractivity contribution >= 4 is 34.4 Å². The lowest BCUT2D eigenvalue weighted by atomic mass is 10.2. The Bertz CT molecular complexity index is 817. The Hall–Kier alpha value is -1.72. The highest BCUT2D eigenvalue weighted by Gasteiger charge is 2.18. The van der Waals surface area contributed by atoms with Crippen molar-refractivity contribution in [3.05, 3.63) is 52.9 Å².